The van der Waals surface area contributed by atoms with Crippen LogP contribution in [-0.4, -0.2) is 41.8 Å². The summed E-state index contributed by atoms with van der Waals surface area (Å²) in [4.78, 5) is 2.46. The van der Waals surface area contributed by atoms with Gasteiger partial charge < -0.3 is 10.8 Å². The molecule has 2 rings (SSSR count). The topological polar surface area (TPSA) is 49.5 Å². The van der Waals surface area contributed by atoms with Gasteiger partial charge in [-0.1, -0.05) is 20.8 Å². The number of fused-ring (bicyclic) bond motifs is 2. The van der Waals surface area contributed by atoms with Crippen molar-refractivity contribution in [2.45, 2.75) is 52.2 Å². The summed E-state index contributed by atoms with van der Waals surface area (Å²) in [6, 6.07) is 0.662. The van der Waals surface area contributed by atoms with Crippen LogP contribution in [0.2, 0.25) is 0 Å². The van der Waals surface area contributed by atoms with E-state index in [0.29, 0.717) is 23.4 Å². The molecule has 0 aromatic heterocycles. The minimum atomic E-state index is -0.355. The molecular weight excluding hydrogens is 200 g/mol. The van der Waals surface area contributed by atoms with Gasteiger partial charge in [-0.05, 0) is 30.1 Å². The molecule has 94 valence electrons. The first-order chi connectivity index (χ1) is 7.34. The Morgan fingerprint density at radius 1 is 1.38 bits per heavy atom. The number of aliphatic hydroxyl groups is 1. The Labute approximate surface area is 99.0 Å². The number of hydrogen-bond acceptors (Lipinski definition) is 3. The van der Waals surface area contributed by atoms with Crippen LogP contribution in [0.15, 0.2) is 0 Å². The van der Waals surface area contributed by atoms with E-state index in [9.17, 15) is 5.11 Å². The fraction of sp³-hybridized carbons (Fsp3) is 1.00. The van der Waals surface area contributed by atoms with Gasteiger partial charge in [-0.2, -0.15) is 0 Å². The van der Waals surface area contributed by atoms with E-state index in [1.165, 1.54) is 19.3 Å². The van der Waals surface area contributed by atoms with Crippen molar-refractivity contribution in [1.29, 1.82) is 0 Å². The van der Waals surface area contributed by atoms with Crippen molar-refractivity contribution < 1.29 is 5.11 Å². The molecule has 1 aliphatic heterocycles. The van der Waals surface area contributed by atoms with E-state index >= 15 is 0 Å². The largest absolute Gasteiger partial charge is 0.390 e. The molecule has 0 spiro atoms. The monoisotopic (exact) mass is 226 g/mol. The van der Waals surface area contributed by atoms with E-state index in [4.69, 9.17) is 5.73 Å². The molecule has 0 aromatic carbocycles. The van der Waals surface area contributed by atoms with Gasteiger partial charge in [0, 0.05) is 25.7 Å². The maximum atomic E-state index is 9.69. The first-order valence-corrected chi connectivity index (χ1v) is 6.46. The van der Waals surface area contributed by atoms with Gasteiger partial charge in [-0.25, -0.2) is 0 Å². The van der Waals surface area contributed by atoms with Crippen LogP contribution >= 0.6 is 0 Å². The second-order valence-electron chi connectivity index (χ2n) is 7.03. The normalized spacial score (nSPS) is 39.9. The molecule has 1 aliphatic carbocycles. The highest BCUT2D eigenvalue weighted by atomic mass is 16.3. The highest BCUT2D eigenvalue weighted by molar-refractivity contribution is 5.02. The number of hydrogen-bond donors (Lipinski definition) is 2. The SMILES string of the molecule is CC1(C)CC2C[C@@](C)(CN2C[C@@H](O)CN)C1. The standard InChI is InChI=1S/C13H26N2O/c1-12(2)4-10-5-13(3,8-12)9-15(10)7-11(16)6-14/h10-11,16H,4-9,14H2,1-3H3/t10?,11-,13+/m0/s1. The Kier molecular flexibility index (Phi) is 3.06. The first kappa shape index (κ1) is 12.3. The Morgan fingerprint density at radius 2 is 2.06 bits per heavy atom. The average Bonchev–Trinajstić information content (AvgIpc) is 2.35. The molecule has 0 amide bonds. The minimum Gasteiger partial charge on any atom is -0.390 e. The third kappa shape index (κ3) is 2.41. The fourth-order valence-corrected chi connectivity index (χ4v) is 4.14. The van der Waals surface area contributed by atoms with Crippen molar-refractivity contribution in [3.8, 4) is 0 Å². The van der Waals surface area contributed by atoms with Gasteiger partial charge in [0.05, 0.1) is 6.10 Å². The zero-order valence-electron chi connectivity index (χ0n) is 10.9. The molecule has 0 aromatic rings. The van der Waals surface area contributed by atoms with Crippen LogP contribution < -0.4 is 5.73 Å². The van der Waals surface area contributed by atoms with Gasteiger partial charge in [0.15, 0.2) is 0 Å². The minimum absolute atomic E-state index is 0.355. The maximum Gasteiger partial charge on any atom is 0.0789 e. The van der Waals surface area contributed by atoms with Gasteiger partial charge in [0.2, 0.25) is 0 Å². The van der Waals surface area contributed by atoms with E-state index in [1.54, 1.807) is 0 Å². The van der Waals surface area contributed by atoms with E-state index in [1.807, 2.05) is 0 Å². The third-order valence-electron chi connectivity index (χ3n) is 4.24. The zero-order chi connectivity index (χ0) is 12.0. The molecule has 2 fully saturated rings. The molecule has 0 radical (unpaired) electrons. The number of rotatable bonds is 3. The second-order valence-corrected chi connectivity index (χ2v) is 7.03. The number of aliphatic hydroxyl groups excluding tert-OH is 1. The summed E-state index contributed by atoms with van der Waals surface area (Å²) < 4.78 is 0. The molecule has 3 N–H and O–H groups in total. The molecule has 1 saturated heterocycles. The van der Waals surface area contributed by atoms with Crippen LogP contribution in [0.5, 0.6) is 0 Å². The Bertz CT molecular complexity index is 267. The van der Waals surface area contributed by atoms with E-state index in [2.05, 4.69) is 25.7 Å². The van der Waals surface area contributed by atoms with Crippen molar-refractivity contribution in [2.75, 3.05) is 19.6 Å². The van der Waals surface area contributed by atoms with Crippen LogP contribution in [0.1, 0.15) is 40.0 Å². The van der Waals surface area contributed by atoms with Gasteiger partial charge >= 0.3 is 0 Å². The Morgan fingerprint density at radius 3 is 2.69 bits per heavy atom. The van der Waals surface area contributed by atoms with Crippen molar-refractivity contribution in [3.05, 3.63) is 0 Å². The molecule has 2 aliphatic rings. The summed E-state index contributed by atoms with van der Waals surface area (Å²) in [6.07, 6.45) is 3.52. The smallest absolute Gasteiger partial charge is 0.0789 e. The highest BCUT2D eigenvalue weighted by Crippen LogP contribution is 2.52. The number of nitrogens with two attached hydrogens (primary N) is 1. The lowest BCUT2D eigenvalue weighted by Crippen LogP contribution is -2.40. The van der Waals surface area contributed by atoms with Gasteiger partial charge in [-0.3, -0.25) is 4.90 Å². The Balaban J connectivity index is 2.04. The summed E-state index contributed by atoms with van der Waals surface area (Å²) in [5.74, 6) is 0. The molecule has 2 bridgehead atoms. The molecule has 16 heavy (non-hydrogen) atoms. The van der Waals surface area contributed by atoms with Gasteiger partial charge in [0.1, 0.15) is 0 Å². The molecule has 1 heterocycles. The van der Waals surface area contributed by atoms with Crippen LogP contribution in [0.4, 0.5) is 0 Å². The molecule has 3 nitrogen and oxygen atoms in total. The Hall–Kier alpha value is -0.120. The molecule has 1 saturated carbocycles. The van der Waals surface area contributed by atoms with E-state index < -0.39 is 0 Å². The second kappa shape index (κ2) is 3.97. The maximum absolute atomic E-state index is 9.69. The summed E-state index contributed by atoms with van der Waals surface area (Å²) in [6.45, 7) is 9.42. The number of β-amino-alcohol motifs (C(OH)–C–C–N with tert-alkyl or cyclic N) is 1. The van der Waals surface area contributed by atoms with Crippen molar-refractivity contribution >= 4 is 0 Å². The summed E-state index contributed by atoms with van der Waals surface area (Å²) in [5.41, 5.74) is 6.41. The van der Waals surface area contributed by atoms with Gasteiger partial charge in [-0.15, -0.1) is 0 Å². The van der Waals surface area contributed by atoms with Crippen LogP contribution in [0.3, 0.4) is 0 Å². The van der Waals surface area contributed by atoms with Crippen molar-refractivity contribution in [2.24, 2.45) is 16.6 Å². The van der Waals surface area contributed by atoms with Crippen LogP contribution in [0.25, 0.3) is 0 Å². The fourth-order valence-electron chi connectivity index (χ4n) is 4.14. The van der Waals surface area contributed by atoms with E-state index in [0.717, 1.165) is 13.1 Å². The average molecular weight is 226 g/mol. The van der Waals surface area contributed by atoms with Crippen molar-refractivity contribution in [3.63, 3.8) is 0 Å². The summed E-state index contributed by atoms with van der Waals surface area (Å²) in [7, 11) is 0. The molecule has 1 unspecified atom stereocenters. The molecule has 3 heteroatoms. The highest BCUT2D eigenvalue weighted by Gasteiger charge is 2.49. The lowest BCUT2D eigenvalue weighted by molar-refractivity contribution is 0.0962. The van der Waals surface area contributed by atoms with E-state index in [-0.39, 0.29) is 6.10 Å². The molecule has 3 atom stereocenters. The lowest BCUT2D eigenvalue weighted by Gasteiger charge is -2.40. The summed E-state index contributed by atoms with van der Waals surface area (Å²) in [5, 5.41) is 9.69. The van der Waals surface area contributed by atoms with Gasteiger partial charge in [0.25, 0.3) is 0 Å². The molecular formula is C13H26N2O. The van der Waals surface area contributed by atoms with Crippen molar-refractivity contribution in [1.82, 2.24) is 4.90 Å². The summed E-state index contributed by atoms with van der Waals surface area (Å²) >= 11 is 0. The first-order valence-electron chi connectivity index (χ1n) is 6.46. The number of nitrogens with zero attached hydrogens (tertiary/aromatic N) is 1. The third-order valence-corrected chi connectivity index (χ3v) is 4.24. The van der Waals surface area contributed by atoms with Crippen LogP contribution in [0, 0.1) is 10.8 Å². The predicted octanol–water partition coefficient (Wildman–Crippen LogP) is 1.21. The van der Waals surface area contributed by atoms with Crippen LogP contribution in [-0.2, 0) is 0 Å². The number of likely N-dealkylation sites (tertiary alicyclic amines) is 1. The zero-order valence-corrected chi connectivity index (χ0v) is 10.9. The quantitative estimate of drug-likeness (QED) is 0.760. The predicted molar refractivity (Wildman–Crippen MR) is 66.2 cm³/mol. The lowest BCUT2D eigenvalue weighted by atomic mass is 9.65.